The molecule has 0 saturated heterocycles. The number of hydrogen-bond donors (Lipinski definition) is 3. The summed E-state index contributed by atoms with van der Waals surface area (Å²) in [6.45, 7) is 3.17. The number of carboxylic acids is 1. The Morgan fingerprint density at radius 2 is 2.05 bits per heavy atom. The van der Waals surface area contributed by atoms with Gasteiger partial charge in [-0.15, -0.1) is 0 Å². The van der Waals surface area contributed by atoms with Gasteiger partial charge in [0.05, 0.1) is 7.11 Å². The molecule has 1 aromatic heterocycles. The largest absolute Gasteiger partial charge is 0.481 e. The summed E-state index contributed by atoms with van der Waals surface area (Å²) in [6, 6.07) is 1.15. The number of carboxylic acid groups (broad SMARTS) is 1. The number of carbonyl (C=O) groups excluding carboxylic acids is 1. The van der Waals surface area contributed by atoms with Gasteiger partial charge in [0, 0.05) is 18.2 Å². The molecule has 8 nitrogen and oxygen atoms in total. The van der Waals surface area contributed by atoms with Crippen LogP contribution < -0.4 is 4.72 Å². The van der Waals surface area contributed by atoms with E-state index in [0.29, 0.717) is 0 Å². The number of aromatic amines is 1. The number of rotatable bonds is 7. The number of ether oxygens (including phenoxy) is 1. The summed E-state index contributed by atoms with van der Waals surface area (Å²) in [5.41, 5.74) is -0.916. The van der Waals surface area contributed by atoms with Crippen molar-refractivity contribution in [2.45, 2.75) is 37.1 Å². The molecule has 21 heavy (non-hydrogen) atoms. The molecule has 0 radical (unpaired) electrons. The van der Waals surface area contributed by atoms with Crippen molar-refractivity contribution in [2.75, 3.05) is 7.11 Å². The third-order valence-electron chi connectivity index (χ3n) is 2.75. The molecule has 9 heteroatoms. The van der Waals surface area contributed by atoms with E-state index in [-0.39, 0.29) is 23.4 Å². The number of methoxy groups -OCH3 is 1. The van der Waals surface area contributed by atoms with E-state index in [2.05, 4.69) is 14.4 Å². The van der Waals surface area contributed by atoms with E-state index in [1.165, 1.54) is 13.3 Å². The number of esters is 1. The lowest BCUT2D eigenvalue weighted by atomic mass is 10.0. The van der Waals surface area contributed by atoms with Crippen LogP contribution in [0.1, 0.15) is 37.2 Å². The van der Waals surface area contributed by atoms with Crippen LogP contribution in [0.5, 0.6) is 0 Å². The van der Waals surface area contributed by atoms with Gasteiger partial charge in [0.2, 0.25) is 10.0 Å². The minimum atomic E-state index is -3.87. The number of nitrogens with one attached hydrogen (secondary N) is 2. The minimum Gasteiger partial charge on any atom is -0.481 e. The lowest BCUT2D eigenvalue weighted by Gasteiger charge is -2.24. The normalized spacial score (nSPS) is 12.1. The third kappa shape index (κ3) is 4.87. The molecule has 0 unspecified atom stereocenters. The second-order valence-corrected chi connectivity index (χ2v) is 6.81. The van der Waals surface area contributed by atoms with Crippen molar-refractivity contribution in [3.8, 4) is 0 Å². The fraction of sp³-hybridized carbons (Fsp3) is 0.500. The van der Waals surface area contributed by atoms with Crippen molar-refractivity contribution in [1.29, 1.82) is 0 Å². The van der Waals surface area contributed by atoms with E-state index < -0.39 is 27.5 Å². The van der Waals surface area contributed by atoms with Gasteiger partial charge >= 0.3 is 11.9 Å². The highest BCUT2D eigenvalue weighted by Gasteiger charge is 2.28. The second-order valence-electron chi connectivity index (χ2n) is 5.12. The van der Waals surface area contributed by atoms with Crippen molar-refractivity contribution in [2.24, 2.45) is 0 Å². The SMILES string of the molecule is COC(=O)c1cc(S(=O)(=O)NC(C)(C)CCC(=O)O)c[nH]1. The zero-order valence-corrected chi connectivity index (χ0v) is 12.8. The van der Waals surface area contributed by atoms with Crippen molar-refractivity contribution in [3.05, 3.63) is 18.0 Å². The van der Waals surface area contributed by atoms with E-state index in [1.54, 1.807) is 13.8 Å². The van der Waals surface area contributed by atoms with Crippen LogP contribution in [0.3, 0.4) is 0 Å². The lowest BCUT2D eigenvalue weighted by Crippen LogP contribution is -2.43. The van der Waals surface area contributed by atoms with E-state index in [4.69, 9.17) is 5.11 Å². The molecule has 0 aliphatic heterocycles. The average Bonchev–Trinajstić information content (AvgIpc) is 2.85. The molecule has 0 bridgehead atoms. The Labute approximate surface area is 122 Å². The van der Waals surface area contributed by atoms with Crippen molar-refractivity contribution >= 4 is 22.0 Å². The fourth-order valence-corrected chi connectivity index (χ4v) is 3.09. The summed E-state index contributed by atoms with van der Waals surface area (Å²) in [7, 11) is -2.68. The number of carbonyl (C=O) groups is 2. The van der Waals surface area contributed by atoms with Gasteiger partial charge in [-0.25, -0.2) is 17.9 Å². The Morgan fingerprint density at radius 3 is 2.57 bits per heavy atom. The maximum Gasteiger partial charge on any atom is 0.354 e. The van der Waals surface area contributed by atoms with Gasteiger partial charge in [-0.2, -0.15) is 0 Å². The van der Waals surface area contributed by atoms with Gasteiger partial charge in [0.15, 0.2) is 0 Å². The molecule has 0 aromatic carbocycles. The quantitative estimate of drug-likeness (QED) is 0.636. The van der Waals surface area contributed by atoms with Gasteiger partial charge in [-0.05, 0) is 26.3 Å². The highest BCUT2D eigenvalue weighted by Crippen LogP contribution is 2.18. The van der Waals surface area contributed by atoms with Crippen LogP contribution in [-0.2, 0) is 19.6 Å². The number of aliphatic carboxylic acids is 1. The topological polar surface area (TPSA) is 126 Å². The maximum absolute atomic E-state index is 12.2. The van der Waals surface area contributed by atoms with Gasteiger partial charge in [0.25, 0.3) is 0 Å². The van der Waals surface area contributed by atoms with Crippen molar-refractivity contribution < 1.29 is 27.9 Å². The van der Waals surface area contributed by atoms with E-state index in [1.807, 2.05) is 0 Å². The summed E-state index contributed by atoms with van der Waals surface area (Å²) in [6.07, 6.45) is 1.15. The second kappa shape index (κ2) is 6.27. The molecule has 0 spiro atoms. The molecule has 0 saturated carbocycles. The zero-order valence-electron chi connectivity index (χ0n) is 12.0. The fourth-order valence-electron chi connectivity index (χ4n) is 1.65. The molecule has 0 fully saturated rings. The predicted molar refractivity (Wildman–Crippen MR) is 73.4 cm³/mol. The van der Waals surface area contributed by atoms with Crippen LogP contribution in [0.25, 0.3) is 0 Å². The molecule has 1 heterocycles. The molecule has 118 valence electrons. The Morgan fingerprint density at radius 1 is 1.43 bits per heavy atom. The number of H-pyrrole nitrogens is 1. The molecule has 0 atom stereocenters. The summed E-state index contributed by atoms with van der Waals surface area (Å²) in [4.78, 5) is 24.2. The number of aromatic nitrogens is 1. The number of sulfonamides is 1. The van der Waals surface area contributed by atoms with E-state index in [0.717, 1.165) is 6.07 Å². The Kier molecular flexibility index (Phi) is 5.13. The standard InChI is InChI=1S/C12H18N2O6S/c1-12(2,5-4-10(15)16)14-21(18,19)8-6-9(13-7-8)11(17)20-3/h6-7,13-14H,4-5H2,1-3H3,(H,15,16). The van der Waals surface area contributed by atoms with Crippen LogP contribution in [-0.4, -0.2) is 43.1 Å². The smallest absolute Gasteiger partial charge is 0.354 e. The van der Waals surface area contributed by atoms with Crippen LogP contribution in [0, 0.1) is 0 Å². The molecule has 0 aliphatic carbocycles. The monoisotopic (exact) mass is 318 g/mol. The van der Waals surface area contributed by atoms with Gasteiger partial charge in [-0.3, -0.25) is 4.79 Å². The molecular formula is C12H18N2O6S. The highest BCUT2D eigenvalue weighted by atomic mass is 32.2. The van der Waals surface area contributed by atoms with Crippen LogP contribution in [0.2, 0.25) is 0 Å². The predicted octanol–water partition coefficient (Wildman–Crippen LogP) is 0.723. The maximum atomic E-state index is 12.2. The summed E-state index contributed by atoms with van der Waals surface area (Å²) < 4.78 is 31.3. The van der Waals surface area contributed by atoms with Crippen molar-refractivity contribution in [1.82, 2.24) is 9.71 Å². The van der Waals surface area contributed by atoms with Gasteiger partial charge < -0.3 is 14.8 Å². The van der Waals surface area contributed by atoms with Gasteiger partial charge in [0.1, 0.15) is 10.6 Å². The summed E-state index contributed by atoms with van der Waals surface area (Å²) >= 11 is 0. The first kappa shape index (κ1) is 17.2. The molecule has 3 N–H and O–H groups in total. The van der Waals surface area contributed by atoms with Crippen LogP contribution in [0.15, 0.2) is 17.2 Å². The molecular weight excluding hydrogens is 300 g/mol. The van der Waals surface area contributed by atoms with E-state index in [9.17, 15) is 18.0 Å². The van der Waals surface area contributed by atoms with Crippen molar-refractivity contribution in [3.63, 3.8) is 0 Å². The Hall–Kier alpha value is -1.87. The first-order valence-corrected chi connectivity index (χ1v) is 7.58. The van der Waals surface area contributed by atoms with E-state index >= 15 is 0 Å². The molecule has 1 rings (SSSR count). The highest BCUT2D eigenvalue weighted by molar-refractivity contribution is 7.89. The average molecular weight is 318 g/mol. The first-order valence-electron chi connectivity index (χ1n) is 6.10. The molecule has 0 amide bonds. The van der Waals surface area contributed by atoms with Crippen LogP contribution >= 0.6 is 0 Å². The minimum absolute atomic E-state index is 0.0150. The first-order chi connectivity index (χ1) is 9.57. The molecule has 1 aromatic rings. The lowest BCUT2D eigenvalue weighted by molar-refractivity contribution is -0.137. The zero-order chi connectivity index (χ0) is 16.3. The Balaban J connectivity index is 2.88. The summed E-state index contributed by atoms with van der Waals surface area (Å²) in [5.74, 6) is -1.68. The summed E-state index contributed by atoms with van der Waals surface area (Å²) in [5, 5.41) is 8.65. The molecule has 0 aliphatic rings. The van der Waals surface area contributed by atoms with Gasteiger partial charge in [-0.1, -0.05) is 0 Å². The Bertz CT molecular complexity index is 632. The number of hydrogen-bond acceptors (Lipinski definition) is 5. The van der Waals surface area contributed by atoms with Crippen LogP contribution in [0.4, 0.5) is 0 Å². The third-order valence-corrected chi connectivity index (χ3v) is 4.42.